The Bertz CT molecular complexity index is 1320. The Labute approximate surface area is 199 Å². The first-order valence-corrected chi connectivity index (χ1v) is 13.0. The second-order valence-corrected chi connectivity index (χ2v) is 11.1. The van der Waals surface area contributed by atoms with Crippen LogP contribution in [-0.4, -0.2) is 36.8 Å². The maximum Gasteiger partial charge on any atom is 0.242 e. The number of hydrogen-bond donors (Lipinski definition) is 4. The number of H-pyrrole nitrogens is 1. The molecule has 2 atom stereocenters. The van der Waals surface area contributed by atoms with Gasteiger partial charge >= 0.3 is 0 Å². The summed E-state index contributed by atoms with van der Waals surface area (Å²) in [5.41, 5.74) is 7.52. The summed E-state index contributed by atoms with van der Waals surface area (Å²) in [5.74, 6) is -1.70. The van der Waals surface area contributed by atoms with Crippen LogP contribution in [0.4, 0.5) is 0 Å². The fraction of sp³-hybridized carbons (Fsp3) is 0.360. The van der Waals surface area contributed by atoms with Crippen LogP contribution in [0.5, 0.6) is 0 Å². The molecule has 0 fully saturated rings. The summed E-state index contributed by atoms with van der Waals surface area (Å²) >= 11 is 0. The molecule has 0 bridgehead atoms. The molecule has 0 saturated heterocycles. The minimum atomic E-state index is -3.89. The van der Waals surface area contributed by atoms with Gasteiger partial charge in [0.25, 0.3) is 0 Å². The van der Waals surface area contributed by atoms with Gasteiger partial charge in [0.05, 0.1) is 5.75 Å². The Morgan fingerprint density at radius 3 is 2.44 bits per heavy atom. The fourth-order valence-corrected chi connectivity index (χ4v) is 6.27. The van der Waals surface area contributed by atoms with Crippen molar-refractivity contribution in [3.8, 4) is 0 Å². The van der Waals surface area contributed by atoms with E-state index in [1.165, 1.54) is 0 Å². The van der Waals surface area contributed by atoms with Crippen LogP contribution in [0.25, 0.3) is 10.9 Å². The van der Waals surface area contributed by atoms with Crippen molar-refractivity contribution in [3.05, 3.63) is 71.4 Å². The van der Waals surface area contributed by atoms with Gasteiger partial charge in [0.2, 0.25) is 21.8 Å². The van der Waals surface area contributed by atoms with Crippen molar-refractivity contribution >= 4 is 32.7 Å². The van der Waals surface area contributed by atoms with Gasteiger partial charge in [-0.3, -0.25) is 9.59 Å². The van der Waals surface area contributed by atoms with Crippen LogP contribution in [0.15, 0.2) is 54.6 Å². The molecule has 180 valence electrons. The lowest BCUT2D eigenvalue weighted by Gasteiger charge is -2.37. The van der Waals surface area contributed by atoms with Crippen molar-refractivity contribution in [3.63, 3.8) is 0 Å². The molecule has 1 aromatic heterocycles. The summed E-state index contributed by atoms with van der Waals surface area (Å²) < 4.78 is 29.2. The molecule has 1 aliphatic carbocycles. The molecule has 0 saturated carbocycles. The average Bonchev–Trinajstić information content (AvgIpc) is 3.14. The molecule has 34 heavy (non-hydrogen) atoms. The van der Waals surface area contributed by atoms with Crippen LogP contribution >= 0.6 is 0 Å². The zero-order chi connectivity index (χ0) is 24.5. The third kappa shape index (κ3) is 4.85. The molecule has 2 aromatic carbocycles. The number of rotatable bonds is 8. The summed E-state index contributed by atoms with van der Waals surface area (Å²) in [5, 5.41) is 3.68. The maximum atomic E-state index is 13.7. The summed E-state index contributed by atoms with van der Waals surface area (Å²) in [6, 6.07) is 15.6. The number of benzene rings is 2. The highest BCUT2D eigenvalue weighted by molar-refractivity contribution is 7.88. The Hall–Kier alpha value is -3.17. The summed E-state index contributed by atoms with van der Waals surface area (Å²) in [6.45, 7) is 3.56. The molecule has 0 unspecified atom stereocenters. The van der Waals surface area contributed by atoms with E-state index in [1.54, 1.807) is 38.1 Å². The topological polar surface area (TPSA) is 134 Å². The number of fused-ring (bicyclic) bond motifs is 3. The third-order valence-corrected chi connectivity index (χ3v) is 7.84. The van der Waals surface area contributed by atoms with Gasteiger partial charge in [-0.2, -0.15) is 4.72 Å². The van der Waals surface area contributed by atoms with Crippen LogP contribution < -0.4 is 15.8 Å². The van der Waals surface area contributed by atoms with Gasteiger partial charge in [0.15, 0.2) is 0 Å². The molecule has 1 heterocycles. The van der Waals surface area contributed by atoms with Crippen LogP contribution in [0.3, 0.4) is 0 Å². The van der Waals surface area contributed by atoms with Crippen molar-refractivity contribution in [2.24, 2.45) is 11.7 Å². The molecule has 2 amide bonds. The van der Waals surface area contributed by atoms with Crippen LogP contribution in [0.2, 0.25) is 0 Å². The molecule has 5 N–H and O–H groups in total. The molecular formula is C25H30N4O4S. The van der Waals surface area contributed by atoms with Crippen LogP contribution in [0, 0.1) is 5.92 Å². The predicted octanol–water partition coefficient (Wildman–Crippen LogP) is 2.14. The predicted molar refractivity (Wildman–Crippen MR) is 131 cm³/mol. The first-order chi connectivity index (χ1) is 16.1. The number of aryl methyl sites for hydroxylation is 1. The van der Waals surface area contributed by atoms with E-state index in [4.69, 9.17) is 5.73 Å². The molecule has 9 heteroatoms. The second kappa shape index (κ2) is 9.23. The van der Waals surface area contributed by atoms with Gasteiger partial charge in [0, 0.05) is 23.0 Å². The van der Waals surface area contributed by atoms with Crippen LogP contribution in [-0.2, 0) is 38.2 Å². The molecular weight excluding hydrogens is 452 g/mol. The number of hydrogen-bond acceptors (Lipinski definition) is 4. The Balaban J connectivity index is 1.72. The van der Waals surface area contributed by atoms with E-state index >= 15 is 0 Å². The number of amides is 2. The van der Waals surface area contributed by atoms with Crippen molar-refractivity contribution in [2.75, 3.05) is 0 Å². The monoisotopic (exact) mass is 482 g/mol. The van der Waals surface area contributed by atoms with Gasteiger partial charge in [-0.25, -0.2) is 8.42 Å². The van der Waals surface area contributed by atoms with Crippen molar-refractivity contribution < 1.29 is 18.0 Å². The number of carbonyl (C=O) groups is 2. The lowest BCUT2D eigenvalue weighted by Crippen LogP contribution is -2.64. The smallest absolute Gasteiger partial charge is 0.242 e. The summed E-state index contributed by atoms with van der Waals surface area (Å²) in [6.07, 6.45) is 0.889. The van der Waals surface area contributed by atoms with Gasteiger partial charge in [-0.1, -0.05) is 62.4 Å². The maximum absolute atomic E-state index is 13.7. The highest BCUT2D eigenvalue weighted by atomic mass is 32.2. The van der Waals surface area contributed by atoms with E-state index in [-0.39, 0.29) is 24.5 Å². The normalized spacial score (nSPS) is 19.0. The lowest BCUT2D eigenvalue weighted by atomic mass is 9.79. The number of primary amides is 1. The fourth-order valence-electron chi connectivity index (χ4n) is 4.70. The van der Waals surface area contributed by atoms with Gasteiger partial charge in [0.1, 0.15) is 11.6 Å². The average molecular weight is 483 g/mol. The second-order valence-electron chi connectivity index (χ2n) is 9.33. The number of nitrogens with one attached hydrogen (secondary N) is 3. The minimum absolute atomic E-state index is 0.162. The highest BCUT2D eigenvalue weighted by Crippen LogP contribution is 2.35. The molecule has 1 aliphatic rings. The van der Waals surface area contributed by atoms with Crippen molar-refractivity contribution in [2.45, 2.75) is 50.4 Å². The van der Waals surface area contributed by atoms with Gasteiger partial charge in [-0.15, -0.1) is 0 Å². The number of carbonyl (C=O) groups excluding carboxylic acids is 2. The highest BCUT2D eigenvalue weighted by Gasteiger charge is 2.46. The third-order valence-electron chi connectivity index (χ3n) is 6.43. The molecule has 8 nitrogen and oxygen atoms in total. The van der Waals surface area contributed by atoms with Crippen molar-refractivity contribution in [1.82, 2.24) is 15.0 Å². The lowest BCUT2D eigenvalue weighted by molar-refractivity contribution is -0.132. The van der Waals surface area contributed by atoms with Crippen molar-refractivity contribution in [1.29, 1.82) is 0 Å². The SMILES string of the molecule is CC(C)[C@H](NC(=O)[C@@]1(NS(=O)(=O)Cc2ccccc2)CCc2[nH]c3ccccc3c2C1)C(N)=O. The Morgan fingerprint density at radius 1 is 1.09 bits per heavy atom. The molecule has 4 rings (SSSR count). The van der Waals surface area contributed by atoms with E-state index in [2.05, 4.69) is 15.0 Å². The van der Waals surface area contributed by atoms with Gasteiger partial charge in [-0.05, 0) is 36.0 Å². The number of aromatic nitrogens is 1. The zero-order valence-electron chi connectivity index (χ0n) is 19.3. The van der Waals surface area contributed by atoms with E-state index < -0.39 is 33.4 Å². The molecule has 0 spiro atoms. The van der Waals surface area contributed by atoms with E-state index in [0.717, 1.165) is 22.2 Å². The zero-order valence-corrected chi connectivity index (χ0v) is 20.1. The summed E-state index contributed by atoms with van der Waals surface area (Å²) in [4.78, 5) is 29.1. The number of sulfonamides is 1. The van der Waals surface area contributed by atoms with Crippen LogP contribution in [0.1, 0.15) is 37.1 Å². The van der Waals surface area contributed by atoms with E-state index in [9.17, 15) is 18.0 Å². The first-order valence-electron chi connectivity index (χ1n) is 11.3. The quantitative estimate of drug-likeness (QED) is 0.391. The Kier molecular flexibility index (Phi) is 6.51. The first kappa shape index (κ1) is 24.0. The molecule has 0 radical (unpaired) electrons. The van der Waals surface area contributed by atoms with Gasteiger partial charge < -0.3 is 16.0 Å². The number of nitrogens with two attached hydrogens (primary N) is 1. The summed E-state index contributed by atoms with van der Waals surface area (Å²) in [7, 11) is -3.89. The number of para-hydroxylation sites is 1. The largest absolute Gasteiger partial charge is 0.368 e. The molecule has 3 aromatic rings. The molecule has 0 aliphatic heterocycles. The number of aromatic amines is 1. The van der Waals surface area contributed by atoms with E-state index in [1.807, 2.05) is 30.3 Å². The Morgan fingerprint density at radius 2 is 1.76 bits per heavy atom. The standard InChI is InChI=1S/C25H30N4O4S/c1-16(2)22(23(26)30)28-24(31)25(29-34(32,33)15-17-8-4-3-5-9-17)13-12-21-19(14-25)18-10-6-7-11-20(18)27-21/h3-11,16,22,27,29H,12-15H2,1-2H3,(H2,26,30)(H,28,31)/t22-,25+/m0/s1. The van der Waals surface area contributed by atoms with E-state index in [0.29, 0.717) is 12.0 Å². The minimum Gasteiger partial charge on any atom is -0.368 e.